The highest BCUT2D eigenvalue weighted by Gasteiger charge is 2.32. The lowest BCUT2D eigenvalue weighted by molar-refractivity contribution is 0.0980. The normalized spacial score (nSPS) is 14.0. The number of fused-ring (bicyclic) bond motifs is 2. The molecule has 0 bridgehead atoms. The average molecular weight is 282 g/mol. The van der Waals surface area contributed by atoms with Crippen LogP contribution in [0.3, 0.4) is 0 Å². The molecule has 0 radical (unpaired) electrons. The Kier molecular flexibility index (Phi) is 3.01. The minimum absolute atomic E-state index is 0.203. The Balaban J connectivity index is 2.56. The molecule has 4 heteroatoms. The van der Waals surface area contributed by atoms with Gasteiger partial charge in [-0.15, -0.1) is 0 Å². The van der Waals surface area contributed by atoms with Gasteiger partial charge in [0.05, 0.1) is 25.3 Å². The fourth-order valence-electron chi connectivity index (χ4n) is 2.78. The van der Waals surface area contributed by atoms with Gasteiger partial charge in [0.25, 0.3) is 0 Å². The molecular weight excluding hydrogens is 268 g/mol. The van der Waals surface area contributed by atoms with Crippen LogP contribution in [0.15, 0.2) is 35.9 Å². The monoisotopic (exact) mass is 282 g/mol. The van der Waals surface area contributed by atoms with Crippen LogP contribution in [0.5, 0.6) is 11.5 Å². The summed E-state index contributed by atoms with van der Waals surface area (Å²) in [7, 11) is 3.00. The molecule has 106 valence electrons. The second kappa shape index (κ2) is 4.74. The lowest BCUT2D eigenvalue weighted by atomic mass is 9.86. The zero-order chi connectivity index (χ0) is 15.1. The number of benzene rings is 2. The second-order valence-corrected chi connectivity index (χ2v) is 4.88. The van der Waals surface area contributed by atoms with Gasteiger partial charge in [0, 0.05) is 16.3 Å². The molecule has 0 N–H and O–H groups in total. The number of Topliss-reactive ketones (excluding diaryl/α,β-unsaturated/α-hetero) is 1. The Hall–Kier alpha value is -2.62. The Morgan fingerprint density at radius 2 is 1.38 bits per heavy atom. The third-order valence-corrected chi connectivity index (χ3v) is 3.71. The van der Waals surface area contributed by atoms with Crippen molar-refractivity contribution < 1.29 is 19.1 Å². The van der Waals surface area contributed by atoms with Crippen LogP contribution in [-0.4, -0.2) is 25.8 Å². The van der Waals surface area contributed by atoms with Crippen LogP contribution in [0.1, 0.15) is 27.6 Å². The van der Waals surface area contributed by atoms with Crippen molar-refractivity contribution in [2.75, 3.05) is 14.2 Å². The number of carbonyl (C=O) groups is 2. The van der Waals surface area contributed by atoms with E-state index in [9.17, 15) is 9.59 Å². The van der Waals surface area contributed by atoms with E-state index in [0.29, 0.717) is 17.1 Å². The van der Waals surface area contributed by atoms with Crippen LogP contribution in [0, 0.1) is 0 Å². The smallest absolute Gasteiger partial charge is 0.193 e. The highest BCUT2D eigenvalue weighted by molar-refractivity contribution is 6.29. The Morgan fingerprint density at radius 3 is 1.90 bits per heavy atom. The first kappa shape index (κ1) is 13.4. The summed E-state index contributed by atoms with van der Waals surface area (Å²) in [5.74, 6) is 0.407. The third-order valence-electron chi connectivity index (χ3n) is 3.71. The number of allylic oxidation sites excluding steroid dienone is 2. The summed E-state index contributed by atoms with van der Waals surface area (Å²) < 4.78 is 10.9. The van der Waals surface area contributed by atoms with Crippen LogP contribution in [0.2, 0.25) is 0 Å². The van der Waals surface area contributed by atoms with Gasteiger partial charge in [0.1, 0.15) is 11.5 Å². The molecular formula is C17H14O4. The van der Waals surface area contributed by atoms with Gasteiger partial charge in [-0.25, -0.2) is 0 Å². The van der Waals surface area contributed by atoms with Gasteiger partial charge >= 0.3 is 0 Å². The number of hydrogen-bond donors (Lipinski definition) is 0. The quantitative estimate of drug-likeness (QED) is 0.849. The number of hydrogen-bond acceptors (Lipinski definition) is 4. The molecule has 2 aromatic carbocycles. The fourth-order valence-corrected chi connectivity index (χ4v) is 2.78. The molecule has 0 aromatic heterocycles. The van der Waals surface area contributed by atoms with E-state index in [2.05, 4.69) is 0 Å². The zero-order valence-electron chi connectivity index (χ0n) is 12.0. The molecule has 1 aliphatic rings. The molecule has 0 heterocycles. The maximum Gasteiger partial charge on any atom is 0.193 e. The van der Waals surface area contributed by atoms with E-state index in [1.807, 2.05) is 24.3 Å². The molecule has 1 aliphatic carbocycles. The summed E-state index contributed by atoms with van der Waals surface area (Å²) in [5, 5.41) is 1.51. The first-order valence-corrected chi connectivity index (χ1v) is 6.54. The average Bonchev–Trinajstić information content (AvgIpc) is 2.50. The molecule has 0 atom stereocenters. The fraction of sp³-hybridized carbons (Fsp3) is 0.176. The molecule has 4 nitrogen and oxygen atoms in total. The highest BCUT2D eigenvalue weighted by Crippen LogP contribution is 2.43. The number of rotatable bonds is 2. The number of ether oxygens (including phenoxy) is 2. The standard InChI is InChI=1S/C17H14O4/c1-9-8-12(18)13-14(15(9)19)17(21-3)11-7-5-4-6-10(11)16(13)20-2/h4-8H,1-3H3. The predicted molar refractivity (Wildman–Crippen MR) is 79.5 cm³/mol. The van der Waals surface area contributed by atoms with E-state index >= 15 is 0 Å². The second-order valence-electron chi connectivity index (χ2n) is 4.88. The van der Waals surface area contributed by atoms with E-state index in [1.54, 1.807) is 6.92 Å². The van der Waals surface area contributed by atoms with E-state index in [0.717, 1.165) is 10.8 Å². The van der Waals surface area contributed by atoms with Crippen LogP contribution >= 0.6 is 0 Å². The van der Waals surface area contributed by atoms with Crippen molar-refractivity contribution in [2.45, 2.75) is 6.92 Å². The van der Waals surface area contributed by atoms with Gasteiger partial charge in [-0.2, -0.15) is 0 Å². The van der Waals surface area contributed by atoms with Gasteiger partial charge in [0.15, 0.2) is 11.6 Å². The molecule has 3 rings (SSSR count). The third kappa shape index (κ3) is 1.76. The van der Waals surface area contributed by atoms with Crippen LogP contribution < -0.4 is 9.47 Å². The summed E-state index contributed by atoms with van der Waals surface area (Å²) in [5.41, 5.74) is 0.977. The van der Waals surface area contributed by atoms with Crippen molar-refractivity contribution in [1.29, 1.82) is 0 Å². The molecule has 2 aromatic rings. The topological polar surface area (TPSA) is 52.6 Å². The summed E-state index contributed by atoms with van der Waals surface area (Å²) in [6.07, 6.45) is 1.35. The van der Waals surface area contributed by atoms with Gasteiger partial charge < -0.3 is 9.47 Å². The van der Waals surface area contributed by atoms with Crippen molar-refractivity contribution >= 4 is 22.3 Å². The maximum absolute atomic E-state index is 12.5. The minimum Gasteiger partial charge on any atom is -0.495 e. The summed E-state index contributed by atoms with van der Waals surface area (Å²) >= 11 is 0. The van der Waals surface area contributed by atoms with Crippen LogP contribution in [0.25, 0.3) is 10.8 Å². The Morgan fingerprint density at radius 1 is 0.857 bits per heavy atom. The van der Waals surface area contributed by atoms with E-state index in [1.165, 1.54) is 20.3 Å². The molecule has 0 unspecified atom stereocenters. The summed E-state index contributed by atoms with van der Waals surface area (Å²) in [6.45, 7) is 1.63. The molecule has 0 saturated heterocycles. The largest absolute Gasteiger partial charge is 0.495 e. The van der Waals surface area contributed by atoms with E-state index in [-0.39, 0.29) is 22.7 Å². The SMILES string of the molecule is COc1c2c(c(OC)c3ccccc13)C(=O)C(C)=CC2=O. The lowest BCUT2D eigenvalue weighted by Crippen LogP contribution is -2.18. The zero-order valence-corrected chi connectivity index (χ0v) is 12.0. The van der Waals surface area contributed by atoms with Crippen LogP contribution in [-0.2, 0) is 0 Å². The Labute approximate surface area is 122 Å². The highest BCUT2D eigenvalue weighted by atomic mass is 16.5. The van der Waals surface area contributed by atoms with Crippen molar-refractivity contribution in [1.82, 2.24) is 0 Å². The van der Waals surface area contributed by atoms with Gasteiger partial charge in [-0.1, -0.05) is 24.3 Å². The van der Waals surface area contributed by atoms with Crippen molar-refractivity contribution in [3.63, 3.8) is 0 Å². The Bertz CT molecular complexity index is 815. The van der Waals surface area contributed by atoms with Gasteiger partial charge in [-0.3, -0.25) is 9.59 Å². The first-order chi connectivity index (χ1) is 10.1. The number of carbonyl (C=O) groups excluding carboxylic acids is 2. The molecule has 0 spiro atoms. The predicted octanol–water partition coefficient (Wildman–Crippen LogP) is 3.18. The minimum atomic E-state index is -0.233. The van der Waals surface area contributed by atoms with Crippen molar-refractivity contribution in [3.05, 3.63) is 47.0 Å². The maximum atomic E-state index is 12.5. The number of ketones is 2. The van der Waals surface area contributed by atoms with Crippen molar-refractivity contribution in [3.8, 4) is 11.5 Å². The van der Waals surface area contributed by atoms with Gasteiger partial charge in [0.2, 0.25) is 0 Å². The lowest BCUT2D eigenvalue weighted by Gasteiger charge is -2.21. The van der Waals surface area contributed by atoms with Crippen molar-refractivity contribution in [2.24, 2.45) is 0 Å². The molecule has 0 fully saturated rings. The van der Waals surface area contributed by atoms with Crippen LogP contribution in [0.4, 0.5) is 0 Å². The van der Waals surface area contributed by atoms with E-state index in [4.69, 9.17) is 9.47 Å². The number of methoxy groups -OCH3 is 2. The summed E-state index contributed by atoms with van der Waals surface area (Å²) in [4.78, 5) is 24.9. The van der Waals surface area contributed by atoms with Gasteiger partial charge in [-0.05, 0) is 13.0 Å². The molecule has 0 amide bonds. The molecule has 21 heavy (non-hydrogen) atoms. The summed E-state index contributed by atoms with van der Waals surface area (Å²) in [6, 6.07) is 7.41. The van der Waals surface area contributed by atoms with E-state index < -0.39 is 0 Å². The molecule has 0 aliphatic heterocycles. The molecule has 0 saturated carbocycles. The first-order valence-electron chi connectivity index (χ1n) is 6.54.